The van der Waals surface area contributed by atoms with Crippen molar-refractivity contribution < 1.29 is 4.74 Å². The van der Waals surface area contributed by atoms with Gasteiger partial charge in [-0.1, -0.05) is 6.07 Å². The largest absolute Gasteiger partial charge is 0.497 e. The van der Waals surface area contributed by atoms with Crippen molar-refractivity contribution in [3.63, 3.8) is 0 Å². The second kappa shape index (κ2) is 9.34. The molecule has 4 aromatic rings. The Labute approximate surface area is 217 Å². The van der Waals surface area contributed by atoms with E-state index in [2.05, 4.69) is 80.2 Å². The van der Waals surface area contributed by atoms with Crippen LogP contribution in [0.2, 0.25) is 0 Å². The molecule has 0 saturated carbocycles. The first-order chi connectivity index (χ1) is 17.6. The van der Waals surface area contributed by atoms with Crippen molar-refractivity contribution in [2.75, 3.05) is 55.5 Å². The maximum atomic E-state index is 5.55. The molecule has 0 unspecified atom stereocenters. The number of anilines is 3. The molecule has 0 bridgehead atoms. The molecule has 4 heterocycles. The molecule has 10 heteroatoms. The molecule has 6 rings (SSSR count). The van der Waals surface area contributed by atoms with Crippen molar-refractivity contribution in [2.24, 2.45) is 4.99 Å². The average Bonchev–Trinajstić information content (AvgIpc) is 3.33. The number of methoxy groups -OCH3 is 1. The Morgan fingerprint density at radius 2 is 1.81 bits per heavy atom. The standard InChI is InChI=1S/C26H25BrN8O/c1-28-26-29-6-5-20(33-26)17-11-16-3-4-18(36-2)13-19(16)22(12-17)34-7-9-35(10-8-34)25-23-21(31-15-32-25)14-30-24(23)27/h3-6,11-13,15H,7-10,14H2,1-2H3,(H,28,29,33). The van der Waals surface area contributed by atoms with Crippen LogP contribution in [0, 0.1) is 0 Å². The average molecular weight is 545 g/mol. The Balaban J connectivity index is 1.35. The van der Waals surface area contributed by atoms with Gasteiger partial charge < -0.3 is 19.9 Å². The Morgan fingerprint density at radius 1 is 0.972 bits per heavy atom. The lowest BCUT2D eigenvalue weighted by molar-refractivity contribution is 0.415. The molecule has 9 nitrogen and oxygen atoms in total. The molecular formula is C26H25BrN8O. The smallest absolute Gasteiger partial charge is 0.222 e. The number of nitrogens with one attached hydrogen (secondary N) is 1. The molecule has 2 aliphatic rings. The lowest BCUT2D eigenvalue weighted by Crippen LogP contribution is -2.47. The van der Waals surface area contributed by atoms with E-state index in [0.717, 1.165) is 75.7 Å². The lowest BCUT2D eigenvalue weighted by atomic mass is 10.0. The molecule has 0 aliphatic carbocycles. The normalized spacial score (nSPS) is 15.1. The van der Waals surface area contributed by atoms with Gasteiger partial charge in [0.05, 0.1) is 30.6 Å². The predicted molar refractivity (Wildman–Crippen MR) is 147 cm³/mol. The molecule has 1 saturated heterocycles. The van der Waals surface area contributed by atoms with Gasteiger partial charge in [-0.2, -0.15) is 0 Å². The molecule has 182 valence electrons. The number of hydrogen-bond donors (Lipinski definition) is 1. The quantitative estimate of drug-likeness (QED) is 0.401. The minimum atomic E-state index is 0.601. The highest BCUT2D eigenvalue weighted by atomic mass is 79.9. The van der Waals surface area contributed by atoms with Gasteiger partial charge in [-0.05, 0) is 51.6 Å². The van der Waals surface area contributed by atoms with E-state index >= 15 is 0 Å². The van der Waals surface area contributed by atoms with Crippen molar-refractivity contribution >= 4 is 48.8 Å². The zero-order chi connectivity index (χ0) is 24.6. The summed E-state index contributed by atoms with van der Waals surface area (Å²) < 4.78 is 6.39. The lowest BCUT2D eigenvalue weighted by Gasteiger charge is -2.38. The van der Waals surface area contributed by atoms with Crippen molar-refractivity contribution in [3.05, 3.63) is 60.2 Å². The molecule has 0 radical (unpaired) electrons. The van der Waals surface area contributed by atoms with Gasteiger partial charge in [0.15, 0.2) is 0 Å². The van der Waals surface area contributed by atoms with E-state index in [-0.39, 0.29) is 0 Å². The van der Waals surface area contributed by atoms with Crippen molar-refractivity contribution in [1.82, 2.24) is 19.9 Å². The van der Waals surface area contributed by atoms with Crippen LogP contribution in [0.15, 0.2) is 53.9 Å². The van der Waals surface area contributed by atoms with Crippen LogP contribution >= 0.6 is 15.9 Å². The summed E-state index contributed by atoms with van der Waals surface area (Å²) in [6.45, 7) is 4.00. The van der Waals surface area contributed by atoms with E-state index in [4.69, 9.17) is 4.74 Å². The SMILES string of the molecule is CNc1nccc(-c2cc(N3CCN(c4ncnc5c4C(Br)=NC5)CC3)c3cc(OC)ccc3c2)n1. The summed E-state index contributed by atoms with van der Waals surface area (Å²) >= 11 is 3.59. The van der Waals surface area contributed by atoms with E-state index in [9.17, 15) is 0 Å². The van der Waals surface area contributed by atoms with Crippen molar-refractivity contribution in [1.29, 1.82) is 0 Å². The highest BCUT2D eigenvalue weighted by molar-refractivity contribution is 9.18. The first-order valence-electron chi connectivity index (χ1n) is 11.8. The number of piperazine rings is 1. The zero-order valence-electron chi connectivity index (χ0n) is 20.1. The van der Waals surface area contributed by atoms with Crippen LogP contribution in [0.5, 0.6) is 5.75 Å². The predicted octanol–water partition coefficient (Wildman–Crippen LogP) is 4.12. The summed E-state index contributed by atoms with van der Waals surface area (Å²) in [6.07, 6.45) is 3.43. The molecule has 2 aromatic heterocycles. The molecule has 2 aromatic carbocycles. The Kier molecular flexibility index (Phi) is 5.88. The molecular weight excluding hydrogens is 520 g/mol. The van der Waals surface area contributed by atoms with Gasteiger partial charge in [0.25, 0.3) is 0 Å². The van der Waals surface area contributed by atoms with Crippen LogP contribution < -0.4 is 19.9 Å². The first-order valence-corrected chi connectivity index (χ1v) is 12.6. The number of fused-ring (bicyclic) bond motifs is 2. The molecule has 2 aliphatic heterocycles. The van der Waals surface area contributed by atoms with Gasteiger partial charge in [-0.25, -0.2) is 19.9 Å². The van der Waals surface area contributed by atoms with Crippen molar-refractivity contribution in [3.8, 4) is 17.0 Å². The minimum Gasteiger partial charge on any atom is -0.497 e. The third-order valence-electron chi connectivity index (χ3n) is 6.71. The number of benzene rings is 2. The Morgan fingerprint density at radius 3 is 2.61 bits per heavy atom. The van der Waals surface area contributed by atoms with E-state index < -0.39 is 0 Å². The van der Waals surface area contributed by atoms with Crippen LogP contribution in [0.25, 0.3) is 22.0 Å². The summed E-state index contributed by atoms with van der Waals surface area (Å²) in [6, 6.07) is 12.6. The second-order valence-electron chi connectivity index (χ2n) is 8.70. The maximum absolute atomic E-state index is 5.55. The van der Waals surface area contributed by atoms with Crippen LogP contribution in [-0.2, 0) is 6.54 Å². The van der Waals surface area contributed by atoms with E-state index in [0.29, 0.717) is 12.5 Å². The van der Waals surface area contributed by atoms with Gasteiger partial charge in [0.1, 0.15) is 22.5 Å². The topological polar surface area (TPSA) is 91.7 Å². The number of aliphatic imine (C=N–C) groups is 1. The summed E-state index contributed by atoms with van der Waals surface area (Å²) in [5.74, 6) is 2.40. The fraction of sp³-hybridized carbons (Fsp3) is 0.269. The third-order valence-corrected chi connectivity index (χ3v) is 7.36. The molecule has 0 amide bonds. The summed E-state index contributed by atoms with van der Waals surface area (Å²) in [4.78, 5) is 27.2. The monoisotopic (exact) mass is 544 g/mol. The van der Waals surface area contributed by atoms with E-state index in [1.165, 1.54) is 5.69 Å². The van der Waals surface area contributed by atoms with Gasteiger partial charge >= 0.3 is 0 Å². The molecule has 1 N–H and O–H groups in total. The molecule has 1 fully saturated rings. The second-order valence-corrected chi connectivity index (χ2v) is 9.45. The van der Waals surface area contributed by atoms with E-state index in [1.54, 1.807) is 19.6 Å². The zero-order valence-corrected chi connectivity index (χ0v) is 21.7. The first kappa shape index (κ1) is 22.7. The fourth-order valence-corrected chi connectivity index (χ4v) is 5.39. The molecule has 0 atom stereocenters. The Hall–Kier alpha value is -3.79. The van der Waals surface area contributed by atoms with E-state index in [1.807, 2.05) is 19.2 Å². The molecule has 0 spiro atoms. The third kappa shape index (κ3) is 4.01. The van der Waals surface area contributed by atoms with Crippen LogP contribution in [0.1, 0.15) is 11.3 Å². The van der Waals surface area contributed by atoms with Gasteiger partial charge in [-0.3, -0.25) is 4.99 Å². The summed E-state index contributed by atoms with van der Waals surface area (Å²) in [5, 5.41) is 5.33. The number of nitrogens with zero attached hydrogens (tertiary/aromatic N) is 7. The van der Waals surface area contributed by atoms with Crippen LogP contribution in [0.3, 0.4) is 0 Å². The highest BCUT2D eigenvalue weighted by Gasteiger charge is 2.27. The number of ether oxygens (including phenoxy) is 1. The minimum absolute atomic E-state index is 0.601. The fourth-order valence-electron chi connectivity index (χ4n) is 4.86. The van der Waals surface area contributed by atoms with Gasteiger partial charge in [0, 0.05) is 56.1 Å². The number of hydrogen-bond acceptors (Lipinski definition) is 9. The summed E-state index contributed by atoms with van der Waals surface area (Å²) in [5.41, 5.74) is 5.10. The van der Waals surface area contributed by atoms with Gasteiger partial charge in [0.2, 0.25) is 5.95 Å². The molecule has 36 heavy (non-hydrogen) atoms. The van der Waals surface area contributed by atoms with Crippen molar-refractivity contribution in [2.45, 2.75) is 6.54 Å². The summed E-state index contributed by atoms with van der Waals surface area (Å²) in [7, 11) is 3.53. The van der Waals surface area contributed by atoms with Crippen LogP contribution in [0.4, 0.5) is 17.5 Å². The Bertz CT molecular complexity index is 1480. The number of aromatic nitrogens is 4. The number of rotatable bonds is 5. The van der Waals surface area contributed by atoms with Gasteiger partial charge in [-0.15, -0.1) is 0 Å². The number of halogens is 1. The highest BCUT2D eigenvalue weighted by Crippen LogP contribution is 2.36. The van der Waals surface area contributed by atoms with Crippen LogP contribution in [-0.4, -0.2) is 64.9 Å². The maximum Gasteiger partial charge on any atom is 0.222 e.